The molecule has 30 heavy (non-hydrogen) atoms. The Morgan fingerprint density at radius 3 is 2.27 bits per heavy atom. The molecule has 0 bridgehead atoms. The van der Waals surface area contributed by atoms with Gasteiger partial charge in [0, 0.05) is 33.9 Å². The minimum Gasteiger partial charge on any atom is -0.376 e. The number of carbonyl (C=O) groups excluding carboxylic acids is 1. The Morgan fingerprint density at radius 1 is 1.00 bits per heavy atom. The van der Waals surface area contributed by atoms with Gasteiger partial charge in [-0.25, -0.2) is 17.4 Å². The van der Waals surface area contributed by atoms with E-state index >= 15 is 0 Å². The van der Waals surface area contributed by atoms with E-state index in [2.05, 4.69) is 10.4 Å². The first-order valence-corrected chi connectivity index (χ1v) is 10.7. The molecule has 0 aliphatic heterocycles. The van der Waals surface area contributed by atoms with Gasteiger partial charge in [0.1, 0.15) is 0 Å². The van der Waals surface area contributed by atoms with Gasteiger partial charge in [-0.3, -0.25) is 4.79 Å². The van der Waals surface area contributed by atoms with Crippen molar-refractivity contribution in [2.45, 2.75) is 11.8 Å². The van der Waals surface area contributed by atoms with Gasteiger partial charge in [-0.1, -0.05) is 18.2 Å². The summed E-state index contributed by atoms with van der Waals surface area (Å²) < 4.78 is 27.8. The van der Waals surface area contributed by atoms with Gasteiger partial charge in [0.2, 0.25) is 10.0 Å². The Labute approximate surface area is 176 Å². The summed E-state index contributed by atoms with van der Waals surface area (Å²) in [6, 6.07) is 15.9. The van der Waals surface area contributed by atoms with Crippen LogP contribution in [0.3, 0.4) is 0 Å². The molecule has 0 saturated carbocycles. The Kier molecular flexibility index (Phi) is 5.95. The first kappa shape index (κ1) is 21.5. The summed E-state index contributed by atoms with van der Waals surface area (Å²) in [5.74, 6) is -0.421. The Bertz CT molecular complexity index is 1170. The van der Waals surface area contributed by atoms with Crippen molar-refractivity contribution >= 4 is 27.3 Å². The fourth-order valence-corrected chi connectivity index (χ4v) is 3.91. The molecule has 158 valence electrons. The Hall–Kier alpha value is -3.17. The largest absolute Gasteiger partial charge is 0.376 e. The fourth-order valence-electron chi connectivity index (χ4n) is 2.98. The normalized spacial score (nSPS) is 11.5. The minimum atomic E-state index is -3.64. The van der Waals surface area contributed by atoms with Gasteiger partial charge in [0.25, 0.3) is 5.91 Å². The molecule has 3 aromatic rings. The third kappa shape index (κ3) is 4.22. The summed E-state index contributed by atoms with van der Waals surface area (Å²) in [4.78, 5) is 14.8. The van der Waals surface area contributed by atoms with E-state index in [9.17, 15) is 13.2 Å². The maximum Gasteiger partial charge on any atom is 0.276 e. The van der Waals surface area contributed by atoms with Gasteiger partial charge in [-0.15, -0.1) is 0 Å². The van der Waals surface area contributed by atoms with Crippen molar-refractivity contribution in [2.75, 3.05) is 38.4 Å². The molecule has 0 fully saturated rings. The standard InChI is InChI=1S/C21H25N5O3S/c1-15-13-19(23-26(15)16-9-7-6-8-10-16)21(27)22-18-14-17(30(28,29)25(4)5)11-12-20(18)24(2)3/h6-14H,1-5H3,(H,22,27). The van der Waals surface area contributed by atoms with Crippen LogP contribution in [0.2, 0.25) is 0 Å². The van der Waals surface area contributed by atoms with Gasteiger partial charge < -0.3 is 10.2 Å². The topological polar surface area (TPSA) is 87.5 Å². The van der Waals surface area contributed by atoms with Crippen LogP contribution in [0, 0.1) is 6.92 Å². The number of benzene rings is 2. The van der Waals surface area contributed by atoms with E-state index in [0.29, 0.717) is 11.4 Å². The number of para-hydroxylation sites is 1. The molecule has 0 radical (unpaired) electrons. The summed E-state index contributed by atoms with van der Waals surface area (Å²) in [5.41, 5.74) is 2.97. The van der Waals surface area contributed by atoms with Crippen LogP contribution in [0.25, 0.3) is 5.69 Å². The summed E-state index contributed by atoms with van der Waals surface area (Å²) >= 11 is 0. The van der Waals surface area contributed by atoms with Crippen molar-refractivity contribution in [1.82, 2.24) is 14.1 Å². The number of carbonyl (C=O) groups is 1. The minimum absolute atomic E-state index is 0.0967. The third-order valence-electron chi connectivity index (χ3n) is 4.60. The second kappa shape index (κ2) is 8.29. The lowest BCUT2D eigenvalue weighted by Gasteiger charge is -2.20. The van der Waals surface area contributed by atoms with Gasteiger partial charge in [0.15, 0.2) is 5.69 Å². The van der Waals surface area contributed by atoms with Crippen molar-refractivity contribution in [2.24, 2.45) is 0 Å². The van der Waals surface area contributed by atoms with Crippen molar-refractivity contribution < 1.29 is 13.2 Å². The first-order chi connectivity index (χ1) is 14.1. The number of anilines is 2. The molecule has 1 amide bonds. The van der Waals surface area contributed by atoms with Crippen LogP contribution >= 0.6 is 0 Å². The lowest BCUT2D eigenvalue weighted by molar-refractivity contribution is 0.102. The summed E-state index contributed by atoms with van der Waals surface area (Å²) in [5, 5.41) is 7.23. The van der Waals surface area contributed by atoms with Crippen LogP contribution < -0.4 is 10.2 Å². The molecule has 0 atom stereocenters. The number of amides is 1. The zero-order valence-corrected chi connectivity index (χ0v) is 18.4. The second-order valence-electron chi connectivity index (χ2n) is 7.23. The molecule has 2 aromatic carbocycles. The van der Waals surface area contributed by atoms with Crippen LogP contribution in [0.1, 0.15) is 16.2 Å². The Morgan fingerprint density at radius 2 is 1.67 bits per heavy atom. The zero-order chi connectivity index (χ0) is 22.1. The van der Waals surface area contributed by atoms with E-state index in [4.69, 9.17) is 0 Å². The second-order valence-corrected chi connectivity index (χ2v) is 9.39. The molecule has 0 aliphatic carbocycles. The SMILES string of the molecule is Cc1cc(C(=O)Nc2cc(S(=O)(=O)N(C)C)ccc2N(C)C)nn1-c1ccccc1. The number of aryl methyl sites for hydroxylation is 1. The van der Waals surface area contributed by atoms with E-state index in [1.165, 1.54) is 26.2 Å². The number of nitrogens with one attached hydrogen (secondary N) is 1. The lowest BCUT2D eigenvalue weighted by Crippen LogP contribution is -2.23. The van der Waals surface area contributed by atoms with Crippen LogP contribution in [0.15, 0.2) is 59.5 Å². The van der Waals surface area contributed by atoms with E-state index < -0.39 is 15.9 Å². The predicted octanol–water partition coefficient (Wildman–Crippen LogP) is 2.75. The molecule has 0 unspecified atom stereocenters. The van der Waals surface area contributed by atoms with Crippen LogP contribution in [0.4, 0.5) is 11.4 Å². The number of rotatable bonds is 6. The van der Waals surface area contributed by atoms with Crippen molar-refractivity contribution in [3.8, 4) is 5.69 Å². The summed E-state index contributed by atoms with van der Waals surface area (Å²) in [6.45, 7) is 1.87. The highest BCUT2D eigenvalue weighted by Crippen LogP contribution is 2.29. The molecule has 8 nitrogen and oxygen atoms in total. The number of aromatic nitrogens is 2. The van der Waals surface area contributed by atoms with Gasteiger partial charge in [0.05, 0.1) is 22.0 Å². The number of sulfonamides is 1. The molecular formula is C21H25N5O3S. The van der Waals surface area contributed by atoms with E-state index in [1.807, 2.05) is 51.4 Å². The van der Waals surface area contributed by atoms with Crippen molar-refractivity contribution in [3.05, 3.63) is 66.0 Å². The zero-order valence-electron chi connectivity index (χ0n) is 17.6. The average Bonchev–Trinajstić information content (AvgIpc) is 3.10. The fraction of sp³-hybridized carbons (Fsp3) is 0.238. The number of nitrogens with zero attached hydrogens (tertiary/aromatic N) is 4. The number of hydrogen-bond acceptors (Lipinski definition) is 5. The number of hydrogen-bond donors (Lipinski definition) is 1. The molecule has 1 aromatic heterocycles. The van der Waals surface area contributed by atoms with Crippen LogP contribution in [-0.4, -0.2) is 56.6 Å². The molecule has 3 rings (SSSR count). The smallest absolute Gasteiger partial charge is 0.276 e. The van der Waals surface area contributed by atoms with E-state index in [-0.39, 0.29) is 10.6 Å². The van der Waals surface area contributed by atoms with Crippen LogP contribution in [-0.2, 0) is 10.0 Å². The highest BCUT2D eigenvalue weighted by molar-refractivity contribution is 7.89. The van der Waals surface area contributed by atoms with E-state index in [0.717, 1.165) is 15.7 Å². The van der Waals surface area contributed by atoms with E-state index in [1.54, 1.807) is 21.7 Å². The molecule has 0 saturated heterocycles. The highest BCUT2D eigenvalue weighted by atomic mass is 32.2. The predicted molar refractivity (Wildman–Crippen MR) is 118 cm³/mol. The van der Waals surface area contributed by atoms with Crippen molar-refractivity contribution in [3.63, 3.8) is 0 Å². The van der Waals surface area contributed by atoms with Crippen molar-refractivity contribution in [1.29, 1.82) is 0 Å². The third-order valence-corrected chi connectivity index (χ3v) is 6.41. The molecule has 1 N–H and O–H groups in total. The molecular weight excluding hydrogens is 402 g/mol. The molecule has 1 heterocycles. The maximum atomic E-state index is 12.9. The quantitative estimate of drug-likeness (QED) is 0.654. The molecule has 0 aliphatic rings. The Balaban J connectivity index is 1.97. The van der Waals surface area contributed by atoms with Gasteiger partial charge >= 0.3 is 0 Å². The summed E-state index contributed by atoms with van der Waals surface area (Å²) in [6.07, 6.45) is 0. The average molecular weight is 428 g/mol. The molecule has 0 spiro atoms. The summed E-state index contributed by atoms with van der Waals surface area (Å²) in [7, 11) is 2.93. The van der Waals surface area contributed by atoms with Crippen LogP contribution in [0.5, 0.6) is 0 Å². The molecule has 9 heteroatoms. The first-order valence-electron chi connectivity index (χ1n) is 9.28. The monoisotopic (exact) mass is 427 g/mol. The van der Waals surface area contributed by atoms with Gasteiger partial charge in [-0.2, -0.15) is 5.10 Å². The van der Waals surface area contributed by atoms with Gasteiger partial charge in [-0.05, 0) is 43.3 Å². The highest BCUT2D eigenvalue weighted by Gasteiger charge is 2.21. The lowest BCUT2D eigenvalue weighted by atomic mass is 10.2. The maximum absolute atomic E-state index is 12.9.